The molecule has 3 fully saturated rings. The number of nitrogens with zero attached hydrogens (tertiary/aromatic N) is 2. The van der Waals surface area contributed by atoms with Crippen LogP contribution in [-0.4, -0.2) is 66.4 Å². The van der Waals surface area contributed by atoms with Crippen LogP contribution in [0.3, 0.4) is 0 Å². The largest absolute Gasteiger partial charge is 0.339 e. The molecule has 1 aliphatic heterocycles. The van der Waals surface area contributed by atoms with Gasteiger partial charge in [-0.25, -0.2) is 4.79 Å². The van der Waals surface area contributed by atoms with Gasteiger partial charge in [-0.3, -0.25) is 9.59 Å². The molecule has 164 valence electrons. The van der Waals surface area contributed by atoms with Gasteiger partial charge >= 0.3 is 6.03 Å². The third kappa shape index (κ3) is 7.19. The normalized spacial score (nSPS) is 21.2. The Hall–Kier alpha value is -1.79. The Morgan fingerprint density at radius 2 is 1.34 bits per heavy atom. The summed E-state index contributed by atoms with van der Waals surface area (Å²) in [7, 11) is 0. The average Bonchev–Trinajstić information content (AvgIpc) is 3.25. The average molecular weight is 407 g/mol. The Bertz CT molecular complexity index is 548. The van der Waals surface area contributed by atoms with E-state index < -0.39 is 0 Å². The fourth-order valence-electron chi connectivity index (χ4n) is 4.88. The SMILES string of the molecule is O=C(NCCCC(=O)N1CCN(C(=O)CC2CCCC2)CC1)NC1CCCCC1. The first-order valence-corrected chi connectivity index (χ1v) is 11.7. The van der Waals surface area contributed by atoms with Gasteiger partial charge in [-0.15, -0.1) is 0 Å². The third-order valence-corrected chi connectivity index (χ3v) is 6.72. The van der Waals surface area contributed by atoms with E-state index in [1.54, 1.807) is 0 Å². The number of rotatable bonds is 7. The molecule has 0 atom stereocenters. The minimum absolute atomic E-state index is 0.112. The molecule has 0 bridgehead atoms. The predicted molar refractivity (Wildman–Crippen MR) is 112 cm³/mol. The summed E-state index contributed by atoms with van der Waals surface area (Å²) in [6.45, 7) is 3.08. The van der Waals surface area contributed by atoms with Gasteiger partial charge in [0.15, 0.2) is 0 Å². The van der Waals surface area contributed by atoms with Crippen LogP contribution in [0.2, 0.25) is 0 Å². The van der Waals surface area contributed by atoms with Crippen molar-refractivity contribution >= 4 is 17.8 Å². The van der Waals surface area contributed by atoms with Crippen LogP contribution < -0.4 is 10.6 Å². The zero-order chi connectivity index (χ0) is 20.5. The molecule has 0 unspecified atom stereocenters. The maximum Gasteiger partial charge on any atom is 0.315 e. The van der Waals surface area contributed by atoms with Gasteiger partial charge in [0.05, 0.1) is 0 Å². The Labute approximate surface area is 174 Å². The Morgan fingerprint density at radius 1 is 0.759 bits per heavy atom. The van der Waals surface area contributed by atoms with Crippen molar-refractivity contribution in [2.24, 2.45) is 5.92 Å². The van der Waals surface area contributed by atoms with E-state index in [9.17, 15) is 14.4 Å². The topological polar surface area (TPSA) is 81.8 Å². The summed E-state index contributed by atoms with van der Waals surface area (Å²) in [6.07, 6.45) is 12.5. The van der Waals surface area contributed by atoms with Crippen molar-refractivity contribution in [3.63, 3.8) is 0 Å². The summed E-state index contributed by atoms with van der Waals surface area (Å²) in [6, 6.07) is 0.191. The van der Waals surface area contributed by atoms with Crippen molar-refractivity contribution in [1.29, 1.82) is 0 Å². The first-order valence-electron chi connectivity index (χ1n) is 11.7. The highest BCUT2D eigenvalue weighted by Crippen LogP contribution is 2.28. The smallest absolute Gasteiger partial charge is 0.315 e. The highest BCUT2D eigenvalue weighted by atomic mass is 16.2. The van der Waals surface area contributed by atoms with Crippen LogP contribution >= 0.6 is 0 Å². The van der Waals surface area contributed by atoms with E-state index in [1.165, 1.54) is 44.9 Å². The van der Waals surface area contributed by atoms with Gasteiger partial charge in [-0.05, 0) is 38.0 Å². The highest BCUT2D eigenvalue weighted by Gasteiger charge is 2.26. The standard InChI is InChI=1S/C22H38N4O3/c27-20(11-6-12-23-22(29)24-19-9-2-1-3-10-19)25-13-15-26(16-14-25)21(28)17-18-7-4-5-8-18/h18-19H,1-17H2,(H2,23,24,29). The van der Waals surface area contributed by atoms with E-state index in [0.717, 1.165) is 12.8 Å². The molecule has 0 aromatic heterocycles. The number of piperazine rings is 1. The number of carbonyl (C=O) groups is 3. The molecule has 2 aliphatic carbocycles. The second-order valence-electron chi connectivity index (χ2n) is 8.95. The lowest BCUT2D eigenvalue weighted by Gasteiger charge is -2.35. The summed E-state index contributed by atoms with van der Waals surface area (Å²) in [4.78, 5) is 40.6. The van der Waals surface area contributed by atoms with Gasteiger partial charge < -0.3 is 20.4 Å². The number of amides is 4. The van der Waals surface area contributed by atoms with Gasteiger partial charge in [0, 0.05) is 51.6 Å². The lowest BCUT2D eigenvalue weighted by Crippen LogP contribution is -2.50. The quantitative estimate of drug-likeness (QED) is 0.638. The number of carbonyl (C=O) groups excluding carboxylic acids is 3. The van der Waals surface area contributed by atoms with Crippen LogP contribution in [0.1, 0.15) is 77.0 Å². The maximum atomic E-state index is 12.4. The molecular formula is C22H38N4O3. The molecule has 0 radical (unpaired) electrons. The molecule has 7 heteroatoms. The zero-order valence-electron chi connectivity index (χ0n) is 17.8. The van der Waals surface area contributed by atoms with Crippen molar-refractivity contribution in [2.75, 3.05) is 32.7 Å². The molecule has 0 aromatic carbocycles. The number of hydrogen-bond acceptors (Lipinski definition) is 3. The van der Waals surface area contributed by atoms with E-state index in [-0.39, 0.29) is 17.8 Å². The molecule has 3 aliphatic rings. The Kier molecular flexibility index (Phi) is 8.62. The summed E-state index contributed by atoms with van der Waals surface area (Å²) in [5.41, 5.74) is 0. The molecule has 0 aromatic rings. The van der Waals surface area contributed by atoms with Crippen LogP contribution in [0.5, 0.6) is 0 Å². The fraction of sp³-hybridized carbons (Fsp3) is 0.864. The van der Waals surface area contributed by atoms with Crippen molar-refractivity contribution < 1.29 is 14.4 Å². The minimum atomic E-state index is -0.112. The summed E-state index contributed by atoms with van der Waals surface area (Å²) in [5.74, 6) is 0.963. The molecule has 2 N–H and O–H groups in total. The third-order valence-electron chi connectivity index (χ3n) is 6.72. The van der Waals surface area contributed by atoms with E-state index in [0.29, 0.717) is 63.9 Å². The van der Waals surface area contributed by atoms with Gasteiger partial charge in [-0.1, -0.05) is 32.1 Å². The first-order chi connectivity index (χ1) is 14.1. The van der Waals surface area contributed by atoms with Crippen LogP contribution in [0.15, 0.2) is 0 Å². The maximum absolute atomic E-state index is 12.4. The van der Waals surface area contributed by atoms with Gasteiger partial charge in [0.2, 0.25) is 11.8 Å². The second-order valence-corrected chi connectivity index (χ2v) is 8.95. The molecule has 1 saturated heterocycles. The van der Waals surface area contributed by atoms with Crippen molar-refractivity contribution in [2.45, 2.75) is 83.1 Å². The zero-order valence-corrected chi connectivity index (χ0v) is 17.8. The predicted octanol–water partition coefficient (Wildman–Crippen LogP) is 2.65. The van der Waals surface area contributed by atoms with Gasteiger partial charge in [-0.2, -0.15) is 0 Å². The van der Waals surface area contributed by atoms with E-state index in [4.69, 9.17) is 0 Å². The molecule has 4 amide bonds. The van der Waals surface area contributed by atoms with Crippen LogP contribution in [-0.2, 0) is 9.59 Å². The van der Waals surface area contributed by atoms with Crippen LogP contribution in [0, 0.1) is 5.92 Å². The van der Waals surface area contributed by atoms with E-state index >= 15 is 0 Å². The fourth-order valence-corrected chi connectivity index (χ4v) is 4.88. The lowest BCUT2D eigenvalue weighted by atomic mass is 9.96. The number of urea groups is 1. The van der Waals surface area contributed by atoms with Crippen LogP contribution in [0.25, 0.3) is 0 Å². The Balaban J connectivity index is 1.24. The summed E-state index contributed by atoms with van der Waals surface area (Å²) < 4.78 is 0. The highest BCUT2D eigenvalue weighted by molar-refractivity contribution is 5.79. The van der Waals surface area contributed by atoms with Crippen molar-refractivity contribution in [3.8, 4) is 0 Å². The summed E-state index contributed by atoms with van der Waals surface area (Å²) in [5, 5.41) is 5.90. The first kappa shape index (κ1) is 21.9. The summed E-state index contributed by atoms with van der Waals surface area (Å²) >= 11 is 0. The minimum Gasteiger partial charge on any atom is -0.339 e. The van der Waals surface area contributed by atoms with E-state index in [1.807, 2.05) is 9.80 Å². The van der Waals surface area contributed by atoms with Gasteiger partial charge in [0.1, 0.15) is 0 Å². The molecule has 2 saturated carbocycles. The number of hydrogen-bond donors (Lipinski definition) is 2. The van der Waals surface area contributed by atoms with Crippen LogP contribution in [0.4, 0.5) is 4.79 Å². The monoisotopic (exact) mass is 406 g/mol. The molecule has 0 spiro atoms. The molecule has 29 heavy (non-hydrogen) atoms. The molecule has 7 nitrogen and oxygen atoms in total. The van der Waals surface area contributed by atoms with E-state index in [2.05, 4.69) is 10.6 Å². The van der Waals surface area contributed by atoms with Gasteiger partial charge in [0.25, 0.3) is 0 Å². The molecule has 3 rings (SSSR count). The Morgan fingerprint density at radius 3 is 2.00 bits per heavy atom. The lowest BCUT2D eigenvalue weighted by molar-refractivity contribution is -0.140. The number of nitrogens with one attached hydrogen (secondary N) is 2. The molecular weight excluding hydrogens is 368 g/mol. The molecule has 1 heterocycles. The van der Waals surface area contributed by atoms with Crippen molar-refractivity contribution in [3.05, 3.63) is 0 Å². The second kappa shape index (κ2) is 11.4. The van der Waals surface area contributed by atoms with Crippen molar-refractivity contribution in [1.82, 2.24) is 20.4 Å².